The molecule has 1 aliphatic carbocycles. The molecule has 18 heavy (non-hydrogen) atoms. The second kappa shape index (κ2) is 5.00. The minimum Gasteiger partial charge on any atom is -0.327 e. The standard InChI is InChI=1S/C14H16ClIN2/c1-9(15)14-17-12-8-11(16)4-5-13(12)18(14)7-6-10-2-3-10/h4-5,8-10H,2-3,6-7H2,1H3. The highest BCUT2D eigenvalue weighted by molar-refractivity contribution is 14.1. The van der Waals surface area contributed by atoms with Gasteiger partial charge in [0.25, 0.3) is 0 Å². The van der Waals surface area contributed by atoms with Crippen LogP contribution in [0.5, 0.6) is 0 Å². The molecule has 1 fully saturated rings. The summed E-state index contributed by atoms with van der Waals surface area (Å²) in [7, 11) is 0. The maximum atomic E-state index is 6.27. The average Bonchev–Trinajstić information content (AvgIpc) is 3.07. The molecule has 0 saturated heterocycles. The first-order valence-corrected chi connectivity index (χ1v) is 7.96. The van der Waals surface area contributed by atoms with Gasteiger partial charge in [-0.05, 0) is 60.1 Å². The molecule has 3 rings (SSSR count). The molecule has 0 spiro atoms. The number of nitrogens with zero attached hydrogens (tertiary/aromatic N) is 2. The Morgan fingerprint density at radius 3 is 2.94 bits per heavy atom. The fourth-order valence-corrected chi connectivity index (χ4v) is 3.02. The molecule has 2 nitrogen and oxygen atoms in total. The van der Waals surface area contributed by atoms with Gasteiger partial charge in [-0.3, -0.25) is 0 Å². The molecular weight excluding hydrogens is 359 g/mol. The lowest BCUT2D eigenvalue weighted by atomic mass is 10.2. The van der Waals surface area contributed by atoms with Crippen molar-refractivity contribution in [3.05, 3.63) is 27.6 Å². The van der Waals surface area contributed by atoms with Gasteiger partial charge in [-0.1, -0.05) is 12.8 Å². The van der Waals surface area contributed by atoms with Crippen LogP contribution in [0.4, 0.5) is 0 Å². The van der Waals surface area contributed by atoms with Crippen LogP contribution in [0.2, 0.25) is 0 Å². The lowest BCUT2D eigenvalue weighted by molar-refractivity contribution is 0.585. The molecule has 1 heterocycles. The first kappa shape index (κ1) is 12.7. The Balaban J connectivity index is 2.02. The number of aryl methyl sites for hydroxylation is 1. The van der Waals surface area contributed by atoms with Gasteiger partial charge in [0.2, 0.25) is 0 Å². The maximum absolute atomic E-state index is 6.27. The van der Waals surface area contributed by atoms with Crippen LogP contribution in [-0.2, 0) is 6.54 Å². The van der Waals surface area contributed by atoms with Gasteiger partial charge in [-0.25, -0.2) is 4.98 Å². The Hall–Kier alpha value is -0.290. The van der Waals surface area contributed by atoms with Crippen molar-refractivity contribution in [3.63, 3.8) is 0 Å². The minimum atomic E-state index is -0.0331. The first-order valence-electron chi connectivity index (χ1n) is 6.45. The summed E-state index contributed by atoms with van der Waals surface area (Å²) in [4.78, 5) is 4.70. The van der Waals surface area contributed by atoms with Gasteiger partial charge in [0, 0.05) is 10.1 Å². The summed E-state index contributed by atoms with van der Waals surface area (Å²) in [6.07, 6.45) is 4.06. The summed E-state index contributed by atoms with van der Waals surface area (Å²) in [6.45, 7) is 3.05. The summed E-state index contributed by atoms with van der Waals surface area (Å²) in [5.41, 5.74) is 2.29. The minimum absolute atomic E-state index is 0.0331. The predicted octanol–water partition coefficient (Wildman–Crippen LogP) is 4.74. The lowest BCUT2D eigenvalue weighted by Crippen LogP contribution is -2.05. The third kappa shape index (κ3) is 2.52. The van der Waals surface area contributed by atoms with E-state index in [1.807, 2.05) is 6.92 Å². The molecule has 0 aliphatic heterocycles. The average molecular weight is 375 g/mol. The summed E-state index contributed by atoms with van der Waals surface area (Å²) in [6, 6.07) is 6.44. The largest absolute Gasteiger partial charge is 0.327 e. The van der Waals surface area contributed by atoms with Gasteiger partial charge in [0.05, 0.1) is 16.4 Å². The van der Waals surface area contributed by atoms with Gasteiger partial charge in [0.15, 0.2) is 0 Å². The number of aromatic nitrogens is 2. The number of hydrogen-bond donors (Lipinski definition) is 0. The molecule has 1 saturated carbocycles. The molecular formula is C14H16ClIN2. The summed E-state index contributed by atoms with van der Waals surface area (Å²) in [5, 5.41) is -0.0331. The van der Waals surface area contributed by atoms with Crippen LogP contribution in [0.25, 0.3) is 11.0 Å². The number of fused-ring (bicyclic) bond motifs is 1. The second-order valence-corrected chi connectivity index (χ2v) is 7.00. The maximum Gasteiger partial charge on any atom is 0.127 e. The molecule has 0 amide bonds. The van der Waals surface area contributed by atoms with E-state index in [4.69, 9.17) is 16.6 Å². The van der Waals surface area contributed by atoms with Crippen LogP contribution in [0.15, 0.2) is 18.2 Å². The van der Waals surface area contributed by atoms with Crippen molar-refractivity contribution in [2.45, 2.75) is 38.1 Å². The van der Waals surface area contributed by atoms with Crippen molar-refractivity contribution in [3.8, 4) is 0 Å². The monoisotopic (exact) mass is 374 g/mol. The Labute approximate surface area is 126 Å². The van der Waals surface area contributed by atoms with Crippen LogP contribution >= 0.6 is 34.2 Å². The molecule has 1 aliphatic rings. The van der Waals surface area contributed by atoms with Gasteiger partial charge >= 0.3 is 0 Å². The van der Waals surface area contributed by atoms with Crippen molar-refractivity contribution in [2.24, 2.45) is 5.92 Å². The van der Waals surface area contributed by atoms with Crippen molar-refractivity contribution < 1.29 is 0 Å². The highest BCUT2D eigenvalue weighted by atomic mass is 127. The molecule has 0 radical (unpaired) electrons. The van der Waals surface area contributed by atoms with Crippen LogP contribution in [0, 0.1) is 9.49 Å². The molecule has 4 heteroatoms. The van der Waals surface area contributed by atoms with E-state index in [2.05, 4.69) is 45.4 Å². The van der Waals surface area contributed by atoms with Crippen LogP contribution in [0.1, 0.15) is 37.4 Å². The van der Waals surface area contributed by atoms with Crippen molar-refractivity contribution in [2.75, 3.05) is 0 Å². The van der Waals surface area contributed by atoms with E-state index in [-0.39, 0.29) is 5.38 Å². The molecule has 1 atom stereocenters. The van der Waals surface area contributed by atoms with E-state index in [1.165, 1.54) is 28.3 Å². The van der Waals surface area contributed by atoms with E-state index < -0.39 is 0 Å². The van der Waals surface area contributed by atoms with E-state index in [1.54, 1.807) is 0 Å². The lowest BCUT2D eigenvalue weighted by Gasteiger charge is -2.10. The molecule has 0 N–H and O–H groups in total. The van der Waals surface area contributed by atoms with Crippen molar-refractivity contribution in [1.82, 2.24) is 9.55 Å². The number of halogens is 2. The summed E-state index contributed by atoms with van der Waals surface area (Å²) in [5.74, 6) is 1.94. The number of imidazole rings is 1. The molecule has 1 unspecified atom stereocenters. The Morgan fingerprint density at radius 2 is 2.28 bits per heavy atom. The second-order valence-electron chi connectivity index (χ2n) is 5.10. The topological polar surface area (TPSA) is 17.8 Å². The predicted molar refractivity (Wildman–Crippen MR) is 84.1 cm³/mol. The van der Waals surface area contributed by atoms with Crippen molar-refractivity contribution >= 4 is 45.2 Å². The van der Waals surface area contributed by atoms with Crippen molar-refractivity contribution in [1.29, 1.82) is 0 Å². The Morgan fingerprint density at radius 1 is 1.50 bits per heavy atom. The van der Waals surface area contributed by atoms with Gasteiger partial charge in [-0.2, -0.15) is 0 Å². The first-order chi connectivity index (χ1) is 8.65. The quantitative estimate of drug-likeness (QED) is 0.558. The van der Waals surface area contributed by atoms with E-state index in [0.717, 1.165) is 23.8 Å². The molecule has 96 valence electrons. The number of rotatable bonds is 4. The third-order valence-corrected chi connectivity index (χ3v) is 4.42. The van der Waals surface area contributed by atoms with Crippen LogP contribution in [0.3, 0.4) is 0 Å². The van der Waals surface area contributed by atoms with E-state index >= 15 is 0 Å². The molecule has 0 bridgehead atoms. The fraction of sp³-hybridized carbons (Fsp3) is 0.500. The van der Waals surface area contributed by atoms with Gasteiger partial charge in [0.1, 0.15) is 5.82 Å². The Bertz CT molecular complexity index is 572. The summed E-state index contributed by atoms with van der Waals surface area (Å²) < 4.78 is 3.53. The van der Waals surface area contributed by atoms with Gasteiger partial charge in [-0.15, -0.1) is 11.6 Å². The highest BCUT2D eigenvalue weighted by Gasteiger charge is 2.22. The zero-order valence-electron chi connectivity index (χ0n) is 10.4. The summed E-state index contributed by atoms with van der Waals surface area (Å²) >= 11 is 8.59. The molecule has 1 aromatic heterocycles. The van der Waals surface area contributed by atoms with E-state index in [0.29, 0.717) is 0 Å². The molecule has 1 aromatic carbocycles. The highest BCUT2D eigenvalue weighted by Crippen LogP contribution is 2.34. The zero-order chi connectivity index (χ0) is 12.7. The van der Waals surface area contributed by atoms with Crippen LogP contribution < -0.4 is 0 Å². The fourth-order valence-electron chi connectivity index (χ4n) is 2.38. The third-order valence-electron chi connectivity index (χ3n) is 3.55. The van der Waals surface area contributed by atoms with E-state index in [9.17, 15) is 0 Å². The normalized spacial score (nSPS) is 17.3. The number of benzene rings is 1. The SMILES string of the molecule is CC(Cl)c1nc2cc(I)ccc2n1CCC1CC1. The Kier molecular flexibility index (Phi) is 3.54. The van der Waals surface area contributed by atoms with Gasteiger partial charge < -0.3 is 4.57 Å². The number of alkyl halides is 1. The number of hydrogen-bond acceptors (Lipinski definition) is 1. The zero-order valence-corrected chi connectivity index (χ0v) is 13.3. The van der Waals surface area contributed by atoms with Crippen LogP contribution in [-0.4, -0.2) is 9.55 Å². The smallest absolute Gasteiger partial charge is 0.127 e. The molecule has 2 aromatic rings.